The molecule has 2 atom stereocenters. The minimum atomic E-state index is 0.270. The molecule has 80 valence electrons. The van der Waals surface area contributed by atoms with Gasteiger partial charge in [-0.1, -0.05) is 27.2 Å². The summed E-state index contributed by atoms with van der Waals surface area (Å²) in [6.45, 7) is 7.59. The van der Waals surface area contributed by atoms with E-state index in [1.54, 1.807) is 7.11 Å². The van der Waals surface area contributed by atoms with Crippen LogP contribution < -0.4 is 0 Å². The molecule has 0 spiro atoms. The van der Waals surface area contributed by atoms with Gasteiger partial charge >= 0.3 is 0 Å². The maximum absolute atomic E-state index is 9.04. The van der Waals surface area contributed by atoms with Crippen molar-refractivity contribution in [3.63, 3.8) is 0 Å². The fourth-order valence-corrected chi connectivity index (χ4v) is 1.44. The lowest BCUT2D eigenvalue weighted by molar-refractivity contribution is 0.0886. The minimum Gasteiger partial charge on any atom is -0.396 e. The number of methoxy groups -OCH3 is 1. The number of aliphatic hydroxyl groups is 1. The predicted octanol–water partition coefficient (Wildman–Crippen LogP) is 2.31. The van der Waals surface area contributed by atoms with Crippen LogP contribution in [-0.4, -0.2) is 25.4 Å². The lowest BCUT2D eigenvalue weighted by Crippen LogP contribution is -2.20. The maximum atomic E-state index is 9.04. The summed E-state index contributed by atoms with van der Waals surface area (Å²) in [7, 11) is 1.73. The fraction of sp³-hybridized carbons (Fsp3) is 1.00. The molecular weight excluding hydrogens is 164 g/mol. The first-order valence-corrected chi connectivity index (χ1v) is 5.21. The summed E-state index contributed by atoms with van der Waals surface area (Å²) >= 11 is 0. The van der Waals surface area contributed by atoms with Crippen molar-refractivity contribution in [3.05, 3.63) is 0 Å². The number of hydrogen-bond donors (Lipinski definition) is 1. The van der Waals surface area contributed by atoms with Crippen molar-refractivity contribution < 1.29 is 9.84 Å². The van der Waals surface area contributed by atoms with Gasteiger partial charge in [-0.05, 0) is 24.2 Å². The van der Waals surface area contributed by atoms with E-state index in [4.69, 9.17) is 9.84 Å². The SMILES string of the molecule is COC[C@H](CCC(C)C)C(C)CO. The van der Waals surface area contributed by atoms with Crippen LogP contribution in [-0.2, 0) is 4.74 Å². The van der Waals surface area contributed by atoms with E-state index in [2.05, 4.69) is 20.8 Å². The minimum absolute atomic E-state index is 0.270. The molecule has 0 aromatic rings. The van der Waals surface area contributed by atoms with Crippen molar-refractivity contribution in [3.8, 4) is 0 Å². The quantitative estimate of drug-likeness (QED) is 0.664. The van der Waals surface area contributed by atoms with Gasteiger partial charge in [-0.15, -0.1) is 0 Å². The molecule has 0 radical (unpaired) electrons. The van der Waals surface area contributed by atoms with Gasteiger partial charge in [-0.3, -0.25) is 0 Å². The van der Waals surface area contributed by atoms with Gasteiger partial charge in [-0.25, -0.2) is 0 Å². The average molecular weight is 188 g/mol. The van der Waals surface area contributed by atoms with Crippen LogP contribution in [0.2, 0.25) is 0 Å². The zero-order valence-corrected chi connectivity index (χ0v) is 9.42. The first-order chi connectivity index (χ1) is 6.11. The molecular formula is C11H24O2. The van der Waals surface area contributed by atoms with Gasteiger partial charge in [0.2, 0.25) is 0 Å². The first kappa shape index (κ1) is 12.9. The molecule has 0 heterocycles. The Kier molecular flexibility index (Phi) is 7.29. The molecule has 0 fully saturated rings. The summed E-state index contributed by atoms with van der Waals surface area (Å²) in [5.41, 5.74) is 0. The Balaban J connectivity index is 3.79. The van der Waals surface area contributed by atoms with Crippen LogP contribution in [0.3, 0.4) is 0 Å². The zero-order chi connectivity index (χ0) is 10.3. The Hall–Kier alpha value is -0.0800. The van der Waals surface area contributed by atoms with Crippen molar-refractivity contribution in [2.45, 2.75) is 33.6 Å². The predicted molar refractivity (Wildman–Crippen MR) is 55.7 cm³/mol. The molecule has 0 aliphatic rings. The van der Waals surface area contributed by atoms with Crippen LogP contribution in [0.5, 0.6) is 0 Å². The first-order valence-electron chi connectivity index (χ1n) is 5.21. The number of rotatable bonds is 7. The van der Waals surface area contributed by atoms with Crippen LogP contribution in [0.15, 0.2) is 0 Å². The van der Waals surface area contributed by atoms with Gasteiger partial charge in [-0.2, -0.15) is 0 Å². The van der Waals surface area contributed by atoms with E-state index in [0.29, 0.717) is 11.8 Å². The summed E-state index contributed by atoms with van der Waals surface area (Å²) in [4.78, 5) is 0. The third-order valence-electron chi connectivity index (χ3n) is 2.59. The largest absolute Gasteiger partial charge is 0.396 e. The van der Waals surface area contributed by atoms with E-state index < -0.39 is 0 Å². The van der Waals surface area contributed by atoms with Crippen LogP contribution >= 0.6 is 0 Å². The number of ether oxygens (including phenoxy) is 1. The van der Waals surface area contributed by atoms with E-state index in [1.807, 2.05) is 0 Å². The zero-order valence-electron chi connectivity index (χ0n) is 9.42. The third-order valence-corrected chi connectivity index (χ3v) is 2.59. The third kappa shape index (κ3) is 6.05. The Labute approximate surface area is 82.3 Å². The molecule has 1 N–H and O–H groups in total. The highest BCUT2D eigenvalue weighted by molar-refractivity contribution is 4.66. The molecule has 0 amide bonds. The maximum Gasteiger partial charge on any atom is 0.0493 e. The highest BCUT2D eigenvalue weighted by Crippen LogP contribution is 2.20. The van der Waals surface area contributed by atoms with Gasteiger partial charge < -0.3 is 9.84 Å². The second kappa shape index (κ2) is 7.34. The van der Waals surface area contributed by atoms with Crippen molar-refractivity contribution in [2.24, 2.45) is 17.8 Å². The van der Waals surface area contributed by atoms with Crippen LogP contribution in [0.4, 0.5) is 0 Å². The standard InChI is InChI=1S/C11H24O2/c1-9(2)5-6-11(8-13-4)10(3)7-12/h9-12H,5-8H2,1-4H3/t10?,11-/m0/s1. The summed E-state index contributed by atoms with van der Waals surface area (Å²) in [6, 6.07) is 0. The van der Waals surface area contributed by atoms with E-state index in [9.17, 15) is 0 Å². The Morgan fingerprint density at radius 2 is 1.77 bits per heavy atom. The molecule has 0 saturated carbocycles. The molecule has 0 aliphatic heterocycles. The van der Waals surface area contributed by atoms with E-state index in [-0.39, 0.29) is 6.61 Å². The summed E-state index contributed by atoms with van der Waals surface area (Å²) in [5, 5.41) is 9.04. The lowest BCUT2D eigenvalue weighted by Gasteiger charge is -2.22. The van der Waals surface area contributed by atoms with E-state index in [0.717, 1.165) is 18.9 Å². The molecule has 0 aromatic heterocycles. The molecule has 0 bridgehead atoms. The molecule has 0 aliphatic carbocycles. The summed E-state index contributed by atoms with van der Waals surface area (Å²) in [6.07, 6.45) is 2.38. The smallest absolute Gasteiger partial charge is 0.0493 e. The monoisotopic (exact) mass is 188 g/mol. The van der Waals surface area contributed by atoms with Gasteiger partial charge in [0.1, 0.15) is 0 Å². The summed E-state index contributed by atoms with van der Waals surface area (Å²) < 4.78 is 5.15. The molecule has 13 heavy (non-hydrogen) atoms. The fourth-order valence-electron chi connectivity index (χ4n) is 1.44. The van der Waals surface area contributed by atoms with Crippen molar-refractivity contribution in [1.82, 2.24) is 0 Å². The Morgan fingerprint density at radius 1 is 1.15 bits per heavy atom. The second-order valence-electron chi connectivity index (χ2n) is 4.35. The van der Waals surface area contributed by atoms with Gasteiger partial charge in [0.15, 0.2) is 0 Å². The second-order valence-corrected chi connectivity index (χ2v) is 4.35. The molecule has 1 unspecified atom stereocenters. The van der Waals surface area contributed by atoms with Crippen molar-refractivity contribution in [2.75, 3.05) is 20.3 Å². The van der Waals surface area contributed by atoms with Crippen LogP contribution in [0.25, 0.3) is 0 Å². The molecule has 0 saturated heterocycles. The van der Waals surface area contributed by atoms with Crippen molar-refractivity contribution in [1.29, 1.82) is 0 Å². The molecule has 0 aromatic carbocycles. The topological polar surface area (TPSA) is 29.5 Å². The van der Waals surface area contributed by atoms with Gasteiger partial charge in [0, 0.05) is 20.3 Å². The lowest BCUT2D eigenvalue weighted by atomic mass is 9.89. The van der Waals surface area contributed by atoms with Crippen LogP contribution in [0.1, 0.15) is 33.6 Å². The highest BCUT2D eigenvalue weighted by atomic mass is 16.5. The average Bonchev–Trinajstić information content (AvgIpc) is 2.10. The van der Waals surface area contributed by atoms with Gasteiger partial charge in [0.05, 0.1) is 0 Å². The molecule has 0 rings (SSSR count). The Bertz CT molecular complexity index is 113. The van der Waals surface area contributed by atoms with E-state index >= 15 is 0 Å². The highest BCUT2D eigenvalue weighted by Gasteiger charge is 2.16. The number of aliphatic hydroxyl groups excluding tert-OH is 1. The van der Waals surface area contributed by atoms with Crippen molar-refractivity contribution >= 4 is 0 Å². The molecule has 2 heteroatoms. The van der Waals surface area contributed by atoms with Gasteiger partial charge in [0.25, 0.3) is 0 Å². The number of hydrogen-bond acceptors (Lipinski definition) is 2. The normalized spacial score (nSPS) is 16.2. The molecule has 2 nitrogen and oxygen atoms in total. The van der Waals surface area contributed by atoms with E-state index in [1.165, 1.54) is 6.42 Å². The van der Waals surface area contributed by atoms with Crippen LogP contribution in [0, 0.1) is 17.8 Å². The Morgan fingerprint density at radius 3 is 2.15 bits per heavy atom. The summed E-state index contributed by atoms with van der Waals surface area (Å²) in [5.74, 6) is 1.61.